The van der Waals surface area contributed by atoms with Crippen LogP contribution in [0.5, 0.6) is 5.75 Å². The van der Waals surface area contributed by atoms with Crippen LogP contribution in [0.3, 0.4) is 0 Å². The van der Waals surface area contributed by atoms with E-state index in [4.69, 9.17) is 15.1 Å². The van der Waals surface area contributed by atoms with E-state index in [1.165, 1.54) is 25.3 Å². The van der Waals surface area contributed by atoms with Crippen molar-refractivity contribution in [2.45, 2.75) is 0 Å². The van der Waals surface area contributed by atoms with Crippen LogP contribution in [-0.2, 0) is 0 Å². The zero-order chi connectivity index (χ0) is 9.84. The Morgan fingerprint density at radius 1 is 1.54 bits per heavy atom. The first-order valence-corrected chi connectivity index (χ1v) is 3.50. The third-order valence-corrected chi connectivity index (χ3v) is 1.56. The van der Waals surface area contributed by atoms with Crippen molar-refractivity contribution in [1.29, 1.82) is 0 Å². The Morgan fingerprint density at radius 3 is 2.69 bits per heavy atom. The van der Waals surface area contributed by atoms with Crippen LogP contribution >= 0.6 is 0 Å². The lowest BCUT2D eigenvalue weighted by Gasteiger charge is -2.06. The lowest BCUT2D eigenvalue weighted by molar-refractivity contribution is 0.0693. The Balaban J connectivity index is 3.18. The van der Waals surface area contributed by atoms with Crippen molar-refractivity contribution in [3.63, 3.8) is 0 Å². The van der Waals surface area contributed by atoms with E-state index in [1.807, 2.05) is 5.48 Å². The minimum absolute atomic E-state index is 0.00144. The largest absolute Gasteiger partial charge is 0.496 e. The highest BCUT2D eigenvalue weighted by molar-refractivity contribution is 5.92. The van der Waals surface area contributed by atoms with E-state index in [1.54, 1.807) is 0 Å². The molecule has 0 aliphatic heterocycles. The van der Waals surface area contributed by atoms with E-state index in [0.717, 1.165) is 0 Å². The van der Waals surface area contributed by atoms with Crippen molar-refractivity contribution in [3.05, 3.63) is 23.8 Å². The van der Waals surface area contributed by atoms with E-state index < -0.39 is 5.97 Å². The summed E-state index contributed by atoms with van der Waals surface area (Å²) >= 11 is 0. The summed E-state index contributed by atoms with van der Waals surface area (Å²) in [6.45, 7) is 0. The summed E-state index contributed by atoms with van der Waals surface area (Å²) in [4.78, 5) is 10.7. The molecule has 0 aromatic heterocycles. The molecule has 5 heteroatoms. The smallest absolute Gasteiger partial charge is 0.339 e. The third-order valence-electron chi connectivity index (χ3n) is 1.56. The fraction of sp³-hybridized carbons (Fsp3) is 0.125. The highest BCUT2D eigenvalue weighted by Crippen LogP contribution is 2.21. The van der Waals surface area contributed by atoms with Gasteiger partial charge in [0.25, 0.3) is 0 Å². The first-order valence-electron chi connectivity index (χ1n) is 3.50. The van der Waals surface area contributed by atoms with Crippen LogP contribution in [0.2, 0.25) is 0 Å². The summed E-state index contributed by atoms with van der Waals surface area (Å²) in [5, 5.41) is 17.3. The van der Waals surface area contributed by atoms with Gasteiger partial charge in [0.1, 0.15) is 11.3 Å². The Hall–Kier alpha value is -1.75. The topological polar surface area (TPSA) is 78.8 Å². The van der Waals surface area contributed by atoms with Gasteiger partial charge < -0.3 is 9.84 Å². The van der Waals surface area contributed by atoms with Crippen LogP contribution < -0.4 is 10.2 Å². The number of carbonyl (C=O) groups is 1. The monoisotopic (exact) mass is 183 g/mol. The molecule has 1 aromatic rings. The summed E-state index contributed by atoms with van der Waals surface area (Å²) in [6.07, 6.45) is 0. The number of aromatic carboxylic acids is 1. The molecule has 0 unspecified atom stereocenters. The normalized spacial score (nSPS) is 9.38. The molecule has 0 radical (unpaired) electrons. The molecule has 0 atom stereocenters. The maximum absolute atomic E-state index is 10.7. The Bertz CT molecular complexity index is 324. The van der Waals surface area contributed by atoms with Gasteiger partial charge in [-0.25, -0.2) is 4.79 Å². The van der Waals surface area contributed by atoms with Crippen LogP contribution in [0, 0.1) is 0 Å². The zero-order valence-electron chi connectivity index (χ0n) is 6.94. The fourth-order valence-electron chi connectivity index (χ4n) is 0.945. The molecule has 0 bridgehead atoms. The van der Waals surface area contributed by atoms with Crippen LogP contribution in [0.15, 0.2) is 18.2 Å². The molecule has 0 heterocycles. The number of carboxylic acid groups (broad SMARTS) is 1. The molecule has 13 heavy (non-hydrogen) atoms. The van der Waals surface area contributed by atoms with E-state index in [2.05, 4.69) is 0 Å². The molecular formula is C8H9NO4. The van der Waals surface area contributed by atoms with Crippen molar-refractivity contribution in [3.8, 4) is 5.75 Å². The molecule has 3 N–H and O–H groups in total. The van der Waals surface area contributed by atoms with E-state index in [-0.39, 0.29) is 11.3 Å². The van der Waals surface area contributed by atoms with Gasteiger partial charge in [-0.1, -0.05) is 0 Å². The van der Waals surface area contributed by atoms with Crippen LogP contribution in [0.1, 0.15) is 10.4 Å². The van der Waals surface area contributed by atoms with Crippen molar-refractivity contribution in [1.82, 2.24) is 0 Å². The molecule has 0 fully saturated rings. The number of ether oxygens (including phenoxy) is 1. The Morgan fingerprint density at radius 2 is 2.23 bits per heavy atom. The van der Waals surface area contributed by atoms with Crippen molar-refractivity contribution in [2.75, 3.05) is 12.6 Å². The van der Waals surface area contributed by atoms with Gasteiger partial charge in [-0.15, -0.1) is 0 Å². The highest BCUT2D eigenvalue weighted by Gasteiger charge is 2.10. The van der Waals surface area contributed by atoms with Crippen LogP contribution in [0.4, 0.5) is 5.69 Å². The predicted octanol–water partition coefficient (Wildman–Crippen LogP) is 1.19. The second-order valence-corrected chi connectivity index (χ2v) is 2.33. The highest BCUT2D eigenvalue weighted by atomic mass is 16.5. The molecule has 0 amide bonds. The molecule has 70 valence electrons. The fourth-order valence-corrected chi connectivity index (χ4v) is 0.945. The molecule has 0 aliphatic carbocycles. The molecule has 0 saturated heterocycles. The average Bonchev–Trinajstić information content (AvgIpc) is 2.16. The van der Waals surface area contributed by atoms with Crippen molar-refractivity contribution < 1.29 is 19.8 Å². The van der Waals surface area contributed by atoms with Gasteiger partial charge >= 0.3 is 5.97 Å². The standard InChI is InChI=1S/C8H9NO4/c1-13-7-3-2-5(9-12)4-6(7)8(10)11/h2-4,9,12H,1H3,(H,10,11). The van der Waals surface area contributed by atoms with Gasteiger partial charge in [0.15, 0.2) is 0 Å². The molecule has 0 saturated carbocycles. The average molecular weight is 183 g/mol. The molecule has 5 nitrogen and oxygen atoms in total. The van der Waals surface area contributed by atoms with Crippen LogP contribution in [0.25, 0.3) is 0 Å². The number of benzene rings is 1. The Labute approximate surface area is 74.5 Å². The summed E-state index contributed by atoms with van der Waals surface area (Å²) < 4.78 is 4.82. The maximum atomic E-state index is 10.7. The third kappa shape index (κ3) is 1.88. The Kier molecular flexibility index (Phi) is 2.71. The summed E-state index contributed by atoms with van der Waals surface area (Å²) in [6, 6.07) is 4.24. The van der Waals surface area contributed by atoms with Crippen molar-refractivity contribution in [2.24, 2.45) is 0 Å². The molecule has 1 rings (SSSR count). The second-order valence-electron chi connectivity index (χ2n) is 2.33. The SMILES string of the molecule is COc1ccc(NO)cc1C(=O)O. The van der Waals surface area contributed by atoms with Gasteiger partial charge in [0.05, 0.1) is 12.8 Å². The molecular weight excluding hydrogens is 174 g/mol. The lowest BCUT2D eigenvalue weighted by atomic mass is 10.2. The van der Waals surface area contributed by atoms with E-state index in [0.29, 0.717) is 5.69 Å². The minimum Gasteiger partial charge on any atom is -0.496 e. The van der Waals surface area contributed by atoms with Gasteiger partial charge in [0, 0.05) is 0 Å². The molecule has 0 aliphatic rings. The van der Waals surface area contributed by atoms with Gasteiger partial charge in [-0.2, -0.15) is 0 Å². The number of rotatable bonds is 3. The van der Waals surface area contributed by atoms with Gasteiger partial charge in [-0.3, -0.25) is 10.7 Å². The minimum atomic E-state index is -1.10. The first kappa shape index (κ1) is 9.34. The molecule has 0 spiro atoms. The predicted molar refractivity (Wildman–Crippen MR) is 45.4 cm³/mol. The number of hydrogen-bond acceptors (Lipinski definition) is 4. The summed E-state index contributed by atoms with van der Waals surface area (Å²) in [5.41, 5.74) is 2.16. The maximum Gasteiger partial charge on any atom is 0.339 e. The van der Waals surface area contributed by atoms with Gasteiger partial charge in [-0.05, 0) is 18.2 Å². The number of nitrogens with one attached hydrogen (secondary N) is 1. The number of methoxy groups -OCH3 is 1. The van der Waals surface area contributed by atoms with E-state index >= 15 is 0 Å². The molecule has 1 aromatic carbocycles. The number of hydrogen-bond donors (Lipinski definition) is 3. The second kappa shape index (κ2) is 3.77. The quantitative estimate of drug-likeness (QED) is 0.613. The summed E-state index contributed by atoms with van der Waals surface area (Å²) in [7, 11) is 1.38. The lowest BCUT2D eigenvalue weighted by Crippen LogP contribution is -2.01. The number of anilines is 1. The van der Waals surface area contributed by atoms with Crippen LogP contribution in [-0.4, -0.2) is 23.4 Å². The van der Waals surface area contributed by atoms with Gasteiger partial charge in [0.2, 0.25) is 0 Å². The van der Waals surface area contributed by atoms with E-state index in [9.17, 15) is 4.79 Å². The zero-order valence-corrected chi connectivity index (χ0v) is 6.94. The number of carboxylic acids is 1. The first-order chi connectivity index (χ1) is 6.19. The summed E-state index contributed by atoms with van der Waals surface area (Å²) in [5.74, 6) is -0.847. The van der Waals surface area contributed by atoms with Crippen molar-refractivity contribution >= 4 is 11.7 Å².